The van der Waals surface area contributed by atoms with Crippen molar-refractivity contribution >= 4 is 11.8 Å². The Balaban J connectivity index is 1.98. The summed E-state index contributed by atoms with van der Waals surface area (Å²) in [4.78, 5) is 0. The van der Waals surface area contributed by atoms with Gasteiger partial charge in [-0.3, -0.25) is 0 Å². The minimum Gasteiger partial charge on any atom is -0.378 e. The highest BCUT2D eigenvalue weighted by molar-refractivity contribution is 7.98. The number of thioether (sulfide) groups is 1. The molecule has 0 aliphatic heterocycles. The van der Waals surface area contributed by atoms with Crippen molar-refractivity contribution in [2.75, 3.05) is 25.7 Å². The molecule has 0 bridgehead atoms. The first-order chi connectivity index (χ1) is 6.86. The number of nitrogens with one attached hydrogen (secondary N) is 1. The molecule has 1 fully saturated rings. The maximum absolute atomic E-state index is 5.84. The molecule has 0 unspecified atom stereocenters. The van der Waals surface area contributed by atoms with Crippen LogP contribution in [0.3, 0.4) is 0 Å². The predicted octanol–water partition coefficient (Wildman–Crippen LogP) is 2.29. The Bertz CT molecular complexity index is 135. The second-order valence-corrected chi connectivity index (χ2v) is 4.97. The molecule has 0 aromatic rings. The summed E-state index contributed by atoms with van der Waals surface area (Å²) in [6.45, 7) is 0.954. The molecule has 0 amide bonds. The number of ether oxygens (including phenoxy) is 1. The fourth-order valence-electron chi connectivity index (χ4n) is 1.97. The second-order valence-electron chi connectivity index (χ2n) is 3.98. The van der Waals surface area contributed by atoms with Gasteiger partial charge in [0.1, 0.15) is 0 Å². The summed E-state index contributed by atoms with van der Waals surface area (Å²) in [5, 5.41) is 3.34. The van der Waals surface area contributed by atoms with E-state index < -0.39 is 0 Å². The Morgan fingerprint density at radius 2 is 2.00 bits per heavy atom. The van der Waals surface area contributed by atoms with E-state index in [2.05, 4.69) is 18.6 Å². The number of rotatable bonds is 6. The molecule has 0 heterocycles. The predicted molar refractivity (Wildman–Crippen MR) is 64.1 cm³/mol. The molecule has 1 aliphatic carbocycles. The molecule has 84 valence electrons. The highest BCUT2D eigenvalue weighted by Crippen LogP contribution is 2.21. The van der Waals surface area contributed by atoms with Crippen LogP contribution < -0.4 is 5.32 Å². The summed E-state index contributed by atoms with van der Waals surface area (Å²) in [6.07, 6.45) is 8.94. The van der Waals surface area contributed by atoms with Gasteiger partial charge in [-0.15, -0.1) is 0 Å². The molecule has 14 heavy (non-hydrogen) atoms. The first-order valence-electron chi connectivity index (χ1n) is 5.64. The van der Waals surface area contributed by atoms with Crippen LogP contribution in [0.4, 0.5) is 0 Å². The zero-order valence-electron chi connectivity index (χ0n) is 9.42. The van der Waals surface area contributed by atoms with E-state index in [0.29, 0.717) is 6.10 Å². The molecule has 0 spiro atoms. The summed E-state index contributed by atoms with van der Waals surface area (Å²) in [7, 11) is 2.06. The van der Waals surface area contributed by atoms with Crippen LogP contribution in [0.2, 0.25) is 0 Å². The van der Waals surface area contributed by atoms with Crippen molar-refractivity contribution in [1.82, 2.24) is 5.32 Å². The van der Waals surface area contributed by atoms with E-state index in [1.807, 2.05) is 11.8 Å². The molecule has 0 saturated heterocycles. The topological polar surface area (TPSA) is 21.3 Å². The van der Waals surface area contributed by atoms with Gasteiger partial charge in [0.2, 0.25) is 0 Å². The molecule has 1 N–H and O–H groups in total. The normalized spacial score (nSPS) is 27.9. The standard InChI is InChI=1S/C11H23NOS/c1-12-10-4-6-11(7-5-10)13-8-3-9-14-2/h10-12H,3-9H2,1-2H3. The largest absolute Gasteiger partial charge is 0.378 e. The lowest BCUT2D eigenvalue weighted by Gasteiger charge is -2.28. The van der Waals surface area contributed by atoms with Crippen molar-refractivity contribution < 1.29 is 4.74 Å². The highest BCUT2D eigenvalue weighted by Gasteiger charge is 2.19. The van der Waals surface area contributed by atoms with Crippen molar-refractivity contribution in [1.29, 1.82) is 0 Å². The SMILES string of the molecule is CNC1CCC(OCCCSC)CC1. The number of hydrogen-bond acceptors (Lipinski definition) is 3. The third kappa shape index (κ3) is 4.67. The molecule has 3 heteroatoms. The van der Waals surface area contributed by atoms with E-state index in [9.17, 15) is 0 Å². The second kappa shape index (κ2) is 7.55. The van der Waals surface area contributed by atoms with Gasteiger partial charge in [0.05, 0.1) is 6.10 Å². The van der Waals surface area contributed by atoms with E-state index >= 15 is 0 Å². The van der Waals surface area contributed by atoms with Crippen LogP contribution in [0.15, 0.2) is 0 Å². The average molecular weight is 217 g/mol. The minimum atomic E-state index is 0.543. The average Bonchev–Trinajstić information content (AvgIpc) is 2.25. The van der Waals surface area contributed by atoms with Gasteiger partial charge in [-0.1, -0.05) is 0 Å². The molecule has 2 nitrogen and oxygen atoms in total. The summed E-state index contributed by atoms with van der Waals surface area (Å²) < 4.78 is 5.84. The van der Waals surface area contributed by atoms with Crippen LogP contribution in [-0.4, -0.2) is 37.8 Å². The Labute approximate surface area is 92.2 Å². The fraction of sp³-hybridized carbons (Fsp3) is 1.00. The summed E-state index contributed by atoms with van der Waals surface area (Å²) in [5.74, 6) is 1.23. The van der Waals surface area contributed by atoms with Gasteiger partial charge in [-0.25, -0.2) is 0 Å². The summed E-state index contributed by atoms with van der Waals surface area (Å²) >= 11 is 1.90. The van der Waals surface area contributed by atoms with Crippen molar-refractivity contribution in [3.8, 4) is 0 Å². The molecule has 0 aromatic carbocycles. The van der Waals surface area contributed by atoms with Gasteiger partial charge in [0.15, 0.2) is 0 Å². The minimum absolute atomic E-state index is 0.543. The fourth-order valence-corrected chi connectivity index (χ4v) is 2.38. The first-order valence-corrected chi connectivity index (χ1v) is 7.04. The first kappa shape index (κ1) is 12.3. The zero-order chi connectivity index (χ0) is 10.2. The van der Waals surface area contributed by atoms with Crippen molar-refractivity contribution in [3.05, 3.63) is 0 Å². The molecule has 1 rings (SSSR count). The lowest BCUT2D eigenvalue weighted by molar-refractivity contribution is 0.0239. The Kier molecular flexibility index (Phi) is 6.65. The molecule has 0 aromatic heterocycles. The van der Waals surface area contributed by atoms with Crippen LogP contribution in [0.5, 0.6) is 0 Å². The summed E-state index contributed by atoms with van der Waals surface area (Å²) in [6, 6.07) is 0.737. The maximum atomic E-state index is 5.84. The van der Waals surface area contributed by atoms with Crippen molar-refractivity contribution in [2.24, 2.45) is 0 Å². The van der Waals surface area contributed by atoms with Gasteiger partial charge in [0, 0.05) is 12.6 Å². The van der Waals surface area contributed by atoms with Crippen LogP contribution in [0.1, 0.15) is 32.1 Å². The van der Waals surface area contributed by atoms with Crippen LogP contribution in [-0.2, 0) is 4.74 Å². The number of hydrogen-bond donors (Lipinski definition) is 1. The molecular formula is C11H23NOS. The van der Waals surface area contributed by atoms with E-state index in [0.717, 1.165) is 12.6 Å². The van der Waals surface area contributed by atoms with Crippen molar-refractivity contribution in [3.63, 3.8) is 0 Å². The van der Waals surface area contributed by atoms with Crippen LogP contribution in [0, 0.1) is 0 Å². The Morgan fingerprint density at radius 1 is 1.29 bits per heavy atom. The van der Waals surface area contributed by atoms with Gasteiger partial charge in [-0.05, 0) is 51.2 Å². The monoisotopic (exact) mass is 217 g/mol. The van der Waals surface area contributed by atoms with Gasteiger partial charge < -0.3 is 10.1 Å². The van der Waals surface area contributed by atoms with Gasteiger partial charge in [-0.2, -0.15) is 11.8 Å². The molecular weight excluding hydrogens is 194 g/mol. The Morgan fingerprint density at radius 3 is 2.57 bits per heavy atom. The molecule has 1 aliphatic rings. The van der Waals surface area contributed by atoms with E-state index in [1.54, 1.807) is 0 Å². The molecule has 0 atom stereocenters. The van der Waals surface area contributed by atoms with E-state index in [1.165, 1.54) is 37.9 Å². The zero-order valence-corrected chi connectivity index (χ0v) is 10.2. The Hall–Kier alpha value is 0.270. The third-order valence-corrected chi connectivity index (χ3v) is 3.63. The van der Waals surface area contributed by atoms with E-state index in [4.69, 9.17) is 4.74 Å². The molecule has 1 saturated carbocycles. The smallest absolute Gasteiger partial charge is 0.0576 e. The molecule has 0 radical (unpaired) electrons. The lowest BCUT2D eigenvalue weighted by Crippen LogP contribution is -2.33. The van der Waals surface area contributed by atoms with Crippen LogP contribution >= 0.6 is 11.8 Å². The van der Waals surface area contributed by atoms with Gasteiger partial charge >= 0.3 is 0 Å². The van der Waals surface area contributed by atoms with Gasteiger partial charge in [0.25, 0.3) is 0 Å². The van der Waals surface area contributed by atoms with Crippen LogP contribution in [0.25, 0.3) is 0 Å². The summed E-state index contributed by atoms with van der Waals surface area (Å²) in [5.41, 5.74) is 0. The van der Waals surface area contributed by atoms with Crippen molar-refractivity contribution in [2.45, 2.75) is 44.2 Å². The highest BCUT2D eigenvalue weighted by atomic mass is 32.2. The lowest BCUT2D eigenvalue weighted by atomic mass is 9.93. The maximum Gasteiger partial charge on any atom is 0.0576 e. The quantitative estimate of drug-likeness (QED) is 0.690. The third-order valence-electron chi connectivity index (χ3n) is 2.93. The van der Waals surface area contributed by atoms with E-state index in [-0.39, 0.29) is 0 Å².